The minimum absolute atomic E-state index is 0.0279. The van der Waals surface area contributed by atoms with Crippen LogP contribution >= 0.6 is 0 Å². The molecule has 2 aliphatic rings. The third-order valence-electron chi connectivity index (χ3n) is 6.39. The van der Waals surface area contributed by atoms with E-state index in [9.17, 15) is 14.4 Å². The molecule has 8 nitrogen and oxygen atoms in total. The third-order valence-corrected chi connectivity index (χ3v) is 6.39. The van der Waals surface area contributed by atoms with Gasteiger partial charge in [-0.05, 0) is 44.6 Å². The number of carbonyl (C=O) groups excluding carboxylic acids is 3. The highest BCUT2D eigenvalue weighted by atomic mass is 16.2. The van der Waals surface area contributed by atoms with E-state index in [2.05, 4.69) is 17.4 Å². The number of piperidine rings is 1. The molecule has 0 spiro atoms. The summed E-state index contributed by atoms with van der Waals surface area (Å²) in [5.74, 6) is 0.966. The number of nitrogens with zero attached hydrogens (tertiary/aromatic N) is 4. The molecule has 2 aromatic rings. The van der Waals surface area contributed by atoms with Gasteiger partial charge >= 0.3 is 0 Å². The van der Waals surface area contributed by atoms with Gasteiger partial charge in [0.05, 0.1) is 19.0 Å². The van der Waals surface area contributed by atoms with E-state index in [-0.39, 0.29) is 30.3 Å². The van der Waals surface area contributed by atoms with Crippen molar-refractivity contribution in [3.8, 4) is 0 Å². The molecule has 3 amide bonds. The van der Waals surface area contributed by atoms with Crippen LogP contribution in [-0.4, -0.2) is 52.2 Å². The van der Waals surface area contributed by atoms with Gasteiger partial charge in [-0.1, -0.05) is 30.3 Å². The number of nitrogens with one attached hydrogen (secondary N) is 1. The SMILES string of the molecule is CC(=O)NCC(=O)N1CCCC[C@@H]1c1nc(C)c2c(n1)N(CCCc1ccccc1)C(=O)C2. The zero-order valence-electron chi connectivity index (χ0n) is 19.3. The second kappa shape index (κ2) is 10.1. The van der Waals surface area contributed by atoms with Crippen molar-refractivity contribution in [3.63, 3.8) is 0 Å². The number of anilines is 1. The monoisotopic (exact) mass is 449 g/mol. The molecule has 0 bridgehead atoms. The Labute approximate surface area is 194 Å². The van der Waals surface area contributed by atoms with Gasteiger partial charge in [0.1, 0.15) is 5.82 Å². The summed E-state index contributed by atoms with van der Waals surface area (Å²) in [5.41, 5.74) is 2.93. The lowest BCUT2D eigenvalue weighted by Crippen LogP contribution is -2.44. The van der Waals surface area contributed by atoms with Crippen LogP contribution in [0.2, 0.25) is 0 Å². The summed E-state index contributed by atoms with van der Waals surface area (Å²) in [4.78, 5) is 49.9. The van der Waals surface area contributed by atoms with E-state index in [4.69, 9.17) is 9.97 Å². The van der Waals surface area contributed by atoms with Gasteiger partial charge in [-0.3, -0.25) is 19.3 Å². The molecule has 3 heterocycles. The molecule has 0 saturated carbocycles. The van der Waals surface area contributed by atoms with Crippen molar-refractivity contribution in [1.29, 1.82) is 0 Å². The van der Waals surface area contributed by atoms with E-state index in [0.717, 1.165) is 43.4 Å². The van der Waals surface area contributed by atoms with Crippen LogP contribution in [0.3, 0.4) is 0 Å². The zero-order chi connectivity index (χ0) is 23.4. The average Bonchev–Trinajstić information content (AvgIpc) is 3.14. The third kappa shape index (κ3) is 5.21. The molecule has 33 heavy (non-hydrogen) atoms. The van der Waals surface area contributed by atoms with Crippen LogP contribution in [0.4, 0.5) is 5.82 Å². The molecular formula is C25H31N5O3. The lowest BCUT2D eigenvalue weighted by Gasteiger charge is -2.35. The van der Waals surface area contributed by atoms with Crippen LogP contribution in [0.1, 0.15) is 61.3 Å². The molecule has 4 rings (SSSR count). The Hall–Kier alpha value is -3.29. The average molecular weight is 450 g/mol. The summed E-state index contributed by atoms with van der Waals surface area (Å²) >= 11 is 0. The van der Waals surface area contributed by atoms with E-state index in [0.29, 0.717) is 31.2 Å². The lowest BCUT2D eigenvalue weighted by atomic mass is 10.0. The molecule has 0 radical (unpaired) electrons. The van der Waals surface area contributed by atoms with Gasteiger partial charge in [0.15, 0.2) is 5.82 Å². The Balaban J connectivity index is 1.53. The van der Waals surface area contributed by atoms with Gasteiger partial charge in [0.2, 0.25) is 17.7 Å². The van der Waals surface area contributed by atoms with Crippen molar-refractivity contribution < 1.29 is 14.4 Å². The van der Waals surface area contributed by atoms with Crippen LogP contribution in [-0.2, 0) is 27.2 Å². The summed E-state index contributed by atoms with van der Waals surface area (Å²) < 4.78 is 0. The van der Waals surface area contributed by atoms with E-state index in [1.807, 2.05) is 25.1 Å². The standard InChI is InChI=1S/C25H31N5O3/c1-17-20-15-22(32)30(14-8-11-19-9-4-3-5-10-19)25(20)28-24(27-17)21-12-6-7-13-29(21)23(33)16-26-18(2)31/h3-5,9-10,21H,6-8,11-16H2,1-2H3,(H,26,31)/t21-/m1/s1. The summed E-state index contributed by atoms with van der Waals surface area (Å²) in [6.45, 7) is 4.50. The highest BCUT2D eigenvalue weighted by Crippen LogP contribution is 2.34. The van der Waals surface area contributed by atoms with Gasteiger partial charge < -0.3 is 10.2 Å². The maximum Gasteiger partial charge on any atom is 0.242 e. The Morgan fingerprint density at radius 2 is 1.94 bits per heavy atom. The van der Waals surface area contributed by atoms with E-state index in [1.54, 1.807) is 9.80 Å². The number of hydrogen-bond donors (Lipinski definition) is 1. The first-order valence-electron chi connectivity index (χ1n) is 11.7. The fourth-order valence-corrected chi connectivity index (χ4v) is 4.66. The van der Waals surface area contributed by atoms with Crippen molar-refractivity contribution in [2.45, 2.75) is 58.4 Å². The number of likely N-dealkylation sites (tertiary alicyclic amines) is 1. The summed E-state index contributed by atoms with van der Waals surface area (Å²) in [5, 5.41) is 2.59. The van der Waals surface area contributed by atoms with Crippen LogP contribution in [0.5, 0.6) is 0 Å². The molecule has 1 fully saturated rings. The first-order chi connectivity index (χ1) is 15.9. The van der Waals surface area contributed by atoms with Gasteiger partial charge in [-0.25, -0.2) is 9.97 Å². The lowest BCUT2D eigenvalue weighted by molar-refractivity contribution is -0.136. The normalized spacial score (nSPS) is 17.8. The second-order valence-electron chi connectivity index (χ2n) is 8.79. The van der Waals surface area contributed by atoms with Gasteiger partial charge in [-0.15, -0.1) is 0 Å². The summed E-state index contributed by atoms with van der Waals surface area (Å²) in [7, 11) is 0. The molecule has 174 valence electrons. The van der Waals surface area contributed by atoms with Crippen LogP contribution in [0, 0.1) is 6.92 Å². The molecule has 1 aromatic carbocycles. The van der Waals surface area contributed by atoms with Crippen molar-refractivity contribution in [2.75, 3.05) is 24.5 Å². The Morgan fingerprint density at radius 1 is 1.15 bits per heavy atom. The number of benzene rings is 1. The van der Waals surface area contributed by atoms with Gasteiger partial charge in [0.25, 0.3) is 0 Å². The molecule has 0 aliphatic carbocycles. The molecule has 1 N–H and O–H groups in total. The quantitative estimate of drug-likeness (QED) is 0.701. The molecule has 1 atom stereocenters. The largest absolute Gasteiger partial charge is 0.347 e. The number of aromatic nitrogens is 2. The fourth-order valence-electron chi connectivity index (χ4n) is 4.66. The minimum atomic E-state index is -0.245. The van der Waals surface area contributed by atoms with Crippen LogP contribution in [0.25, 0.3) is 0 Å². The molecule has 0 unspecified atom stereocenters. The maximum absolute atomic E-state index is 12.8. The highest BCUT2D eigenvalue weighted by molar-refractivity contribution is 6.00. The van der Waals surface area contributed by atoms with E-state index < -0.39 is 0 Å². The topological polar surface area (TPSA) is 95.5 Å². The molecule has 1 aromatic heterocycles. The van der Waals surface area contributed by atoms with Gasteiger partial charge in [0, 0.05) is 31.3 Å². The Bertz CT molecular complexity index is 1040. The van der Waals surface area contributed by atoms with E-state index >= 15 is 0 Å². The molecule has 8 heteroatoms. The van der Waals surface area contributed by atoms with Crippen molar-refractivity contribution >= 4 is 23.5 Å². The predicted octanol–water partition coefficient (Wildman–Crippen LogP) is 2.50. The summed E-state index contributed by atoms with van der Waals surface area (Å²) in [6.07, 6.45) is 4.72. The molecule has 1 saturated heterocycles. The smallest absolute Gasteiger partial charge is 0.242 e. The number of carbonyl (C=O) groups is 3. The number of aryl methyl sites for hydroxylation is 2. The molecular weight excluding hydrogens is 418 g/mol. The first kappa shape index (κ1) is 22.9. The minimum Gasteiger partial charge on any atom is -0.347 e. The number of amides is 3. The highest BCUT2D eigenvalue weighted by Gasteiger charge is 2.35. The van der Waals surface area contributed by atoms with E-state index in [1.165, 1.54) is 12.5 Å². The second-order valence-corrected chi connectivity index (χ2v) is 8.79. The maximum atomic E-state index is 12.8. The van der Waals surface area contributed by atoms with Crippen LogP contribution in [0.15, 0.2) is 30.3 Å². The fraction of sp³-hybridized carbons (Fsp3) is 0.480. The number of fused-ring (bicyclic) bond motifs is 1. The van der Waals surface area contributed by atoms with Crippen molar-refractivity contribution in [2.24, 2.45) is 0 Å². The summed E-state index contributed by atoms with van der Waals surface area (Å²) in [6, 6.07) is 10.0. The van der Waals surface area contributed by atoms with Gasteiger partial charge in [-0.2, -0.15) is 0 Å². The van der Waals surface area contributed by atoms with Crippen molar-refractivity contribution in [3.05, 3.63) is 53.0 Å². The Morgan fingerprint density at radius 3 is 2.70 bits per heavy atom. The zero-order valence-corrected chi connectivity index (χ0v) is 19.3. The van der Waals surface area contributed by atoms with Crippen LogP contribution < -0.4 is 10.2 Å². The predicted molar refractivity (Wildman–Crippen MR) is 125 cm³/mol. The first-order valence-corrected chi connectivity index (χ1v) is 11.7. The molecule has 2 aliphatic heterocycles. The number of hydrogen-bond acceptors (Lipinski definition) is 5. The van der Waals surface area contributed by atoms with Crippen molar-refractivity contribution in [1.82, 2.24) is 20.2 Å². The Kier molecular flexibility index (Phi) is 7.01. The number of rotatable bonds is 7.